The standard InChI is InChI=1S/C20H20ClN3O/c1-12-6-4-5-7-18(12)23-15-8-9-16(17(21)11-15)20(24-25)19-13(2)10-14(3)22-19/h4-11,20,22-23H,1-3H3. The Morgan fingerprint density at radius 1 is 1.04 bits per heavy atom. The van der Waals surface area contributed by atoms with E-state index in [0.29, 0.717) is 10.6 Å². The number of nitroso groups, excluding NO2 is 1. The van der Waals surface area contributed by atoms with Crippen LogP contribution in [0.4, 0.5) is 11.4 Å². The number of hydrogen-bond donors (Lipinski definition) is 2. The highest BCUT2D eigenvalue weighted by molar-refractivity contribution is 6.31. The van der Waals surface area contributed by atoms with E-state index in [9.17, 15) is 4.91 Å². The minimum Gasteiger partial charge on any atom is -0.360 e. The summed E-state index contributed by atoms with van der Waals surface area (Å²) in [6, 6.07) is 15.0. The van der Waals surface area contributed by atoms with Crippen LogP contribution in [-0.2, 0) is 0 Å². The van der Waals surface area contributed by atoms with Crippen LogP contribution in [-0.4, -0.2) is 4.98 Å². The van der Waals surface area contributed by atoms with Gasteiger partial charge in [-0.25, -0.2) is 0 Å². The van der Waals surface area contributed by atoms with Crippen LogP contribution in [0, 0.1) is 25.7 Å². The molecule has 0 radical (unpaired) electrons. The number of aryl methyl sites for hydroxylation is 3. The highest BCUT2D eigenvalue weighted by Crippen LogP contribution is 2.35. The molecule has 1 unspecified atom stereocenters. The monoisotopic (exact) mass is 353 g/mol. The van der Waals surface area contributed by atoms with Crippen molar-refractivity contribution in [2.75, 3.05) is 5.32 Å². The lowest BCUT2D eigenvalue weighted by Crippen LogP contribution is -2.02. The molecule has 0 fully saturated rings. The Bertz CT molecular complexity index is 917. The van der Waals surface area contributed by atoms with E-state index in [0.717, 1.165) is 33.9 Å². The smallest absolute Gasteiger partial charge is 0.158 e. The van der Waals surface area contributed by atoms with Gasteiger partial charge in [-0.05, 0) is 56.2 Å². The summed E-state index contributed by atoms with van der Waals surface area (Å²) in [6.45, 7) is 5.95. The third kappa shape index (κ3) is 3.59. The largest absolute Gasteiger partial charge is 0.360 e. The molecule has 0 saturated carbocycles. The second-order valence-corrected chi connectivity index (χ2v) is 6.64. The summed E-state index contributed by atoms with van der Waals surface area (Å²) in [4.78, 5) is 14.7. The Kier molecular flexibility index (Phi) is 4.91. The van der Waals surface area contributed by atoms with E-state index in [2.05, 4.69) is 15.5 Å². The predicted octanol–water partition coefficient (Wildman–Crippen LogP) is 6.19. The Labute approximate surface area is 152 Å². The summed E-state index contributed by atoms with van der Waals surface area (Å²) in [5.41, 5.74) is 6.51. The van der Waals surface area contributed by atoms with Gasteiger partial charge in [0.1, 0.15) is 0 Å². The second-order valence-electron chi connectivity index (χ2n) is 6.23. The maximum absolute atomic E-state index is 11.5. The summed E-state index contributed by atoms with van der Waals surface area (Å²) in [5.74, 6) is 0. The first kappa shape index (κ1) is 17.2. The van der Waals surface area contributed by atoms with E-state index in [4.69, 9.17) is 11.6 Å². The molecule has 0 aliphatic rings. The third-order valence-corrected chi connectivity index (χ3v) is 4.61. The molecule has 0 spiro atoms. The van der Waals surface area contributed by atoms with Gasteiger partial charge in [-0.1, -0.05) is 41.0 Å². The molecule has 1 atom stereocenters. The molecule has 1 aromatic heterocycles. The van der Waals surface area contributed by atoms with Crippen molar-refractivity contribution in [2.45, 2.75) is 26.8 Å². The highest BCUT2D eigenvalue weighted by atomic mass is 35.5. The number of aromatic amines is 1. The number of benzene rings is 2. The molecule has 2 aromatic carbocycles. The van der Waals surface area contributed by atoms with Crippen molar-refractivity contribution in [3.8, 4) is 0 Å². The van der Waals surface area contributed by atoms with Gasteiger partial charge >= 0.3 is 0 Å². The van der Waals surface area contributed by atoms with Gasteiger partial charge in [0.25, 0.3) is 0 Å². The number of aromatic nitrogens is 1. The molecule has 3 aromatic rings. The van der Waals surface area contributed by atoms with Crippen molar-refractivity contribution in [3.05, 3.63) is 86.5 Å². The summed E-state index contributed by atoms with van der Waals surface area (Å²) >= 11 is 6.47. The number of hydrogen-bond acceptors (Lipinski definition) is 3. The van der Waals surface area contributed by atoms with Crippen molar-refractivity contribution in [2.24, 2.45) is 5.18 Å². The molecule has 0 aliphatic heterocycles. The molecule has 25 heavy (non-hydrogen) atoms. The lowest BCUT2D eigenvalue weighted by atomic mass is 10.0. The minimum atomic E-state index is -0.645. The summed E-state index contributed by atoms with van der Waals surface area (Å²) in [6.07, 6.45) is 0. The van der Waals surface area contributed by atoms with Crippen molar-refractivity contribution >= 4 is 23.0 Å². The van der Waals surface area contributed by atoms with E-state index >= 15 is 0 Å². The van der Waals surface area contributed by atoms with Gasteiger partial charge < -0.3 is 10.3 Å². The van der Waals surface area contributed by atoms with Crippen molar-refractivity contribution in [3.63, 3.8) is 0 Å². The molecule has 4 nitrogen and oxygen atoms in total. The fourth-order valence-corrected chi connectivity index (χ4v) is 3.28. The lowest BCUT2D eigenvalue weighted by molar-refractivity contribution is 0.821. The van der Waals surface area contributed by atoms with Crippen molar-refractivity contribution < 1.29 is 0 Å². The number of nitrogens with zero attached hydrogens (tertiary/aromatic N) is 1. The first-order valence-corrected chi connectivity index (χ1v) is 8.48. The fraction of sp³-hybridized carbons (Fsp3) is 0.200. The molecule has 5 heteroatoms. The first-order valence-electron chi connectivity index (χ1n) is 8.10. The Morgan fingerprint density at radius 2 is 1.80 bits per heavy atom. The average molecular weight is 354 g/mol. The molecule has 0 saturated heterocycles. The van der Waals surface area contributed by atoms with E-state index in [1.165, 1.54) is 0 Å². The van der Waals surface area contributed by atoms with E-state index < -0.39 is 6.04 Å². The van der Waals surface area contributed by atoms with Crippen molar-refractivity contribution in [1.29, 1.82) is 0 Å². The van der Waals surface area contributed by atoms with E-state index in [1.807, 2.05) is 69.3 Å². The molecular formula is C20H20ClN3O. The SMILES string of the molecule is Cc1cc(C)c(C(N=O)c2ccc(Nc3ccccc3C)cc2Cl)[nH]1. The quantitative estimate of drug-likeness (QED) is 0.537. The predicted molar refractivity (Wildman–Crippen MR) is 104 cm³/mol. The van der Waals surface area contributed by atoms with Gasteiger partial charge in [-0.3, -0.25) is 0 Å². The van der Waals surface area contributed by atoms with Gasteiger partial charge in [-0.2, -0.15) is 0 Å². The summed E-state index contributed by atoms with van der Waals surface area (Å²) in [7, 11) is 0. The Hall–Kier alpha value is -2.59. The van der Waals surface area contributed by atoms with Crippen LogP contribution in [0.1, 0.15) is 34.1 Å². The molecule has 2 N–H and O–H groups in total. The zero-order valence-electron chi connectivity index (χ0n) is 14.4. The molecule has 128 valence electrons. The number of H-pyrrole nitrogens is 1. The van der Waals surface area contributed by atoms with Crippen LogP contribution >= 0.6 is 11.6 Å². The van der Waals surface area contributed by atoms with Crippen LogP contribution in [0.3, 0.4) is 0 Å². The van der Waals surface area contributed by atoms with E-state index in [1.54, 1.807) is 0 Å². The first-order chi connectivity index (χ1) is 12.0. The Balaban J connectivity index is 1.92. The van der Waals surface area contributed by atoms with Gasteiger partial charge in [-0.15, -0.1) is 4.91 Å². The normalized spacial score (nSPS) is 12.0. The summed E-state index contributed by atoms with van der Waals surface area (Å²) < 4.78 is 0. The number of anilines is 2. The minimum absolute atomic E-state index is 0.509. The topological polar surface area (TPSA) is 57.2 Å². The second kappa shape index (κ2) is 7.11. The van der Waals surface area contributed by atoms with Gasteiger partial charge in [0.05, 0.1) is 5.69 Å². The fourth-order valence-electron chi connectivity index (χ4n) is 2.99. The van der Waals surface area contributed by atoms with Crippen LogP contribution in [0.2, 0.25) is 5.02 Å². The van der Waals surface area contributed by atoms with Crippen LogP contribution < -0.4 is 5.32 Å². The number of halogens is 1. The van der Waals surface area contributed by atoms with Crippen molar-refractivity contribution in [1.82, 2.24) is 4.98 Å². The molecule has 1 heterocycles. The maximum Gasteiger partial charge on any atom is 0.158 e. The number of nitrogens with one attached hydrogen (secondary N) is 2. The molecule has 0 bridgehead atoms. The maximum atomic E-state index is 11.5. The van der Waals surface area contributed by atoms with Crippen LogP contribution in [0.5, 0.6) is 0 Å². The van der Waals surface area contributed by atoms with Crippen LogP contribution in [0.15, 0.2) is 53.7 Å². The lowest BCUT2D eigenvalue weighted by Gasteiger charge is -2.14. The summed E-state index contributed by atoms with van der Waals surface area (Å²) in [5, 5.41) is 7.17. The number of rotatable bonds is 5. The Morgan fingerprint density at radius 3 is 2.40 bits per heavy atom. The molecule has 0 amide bonds. The van der Waals surface area contributed by atoms with E-state index in [-0.39, 0.29) is 0 Å². The van der Waals surface area contributed by atoms with Crippen LogP contribution in [0.25, 0.3) is 0 Å². The van der Waals surface area contributed by atoms with Gasteiger partial charge in [0, 0.05) is 27.7 Å². The zero-order valence-corrected chi connectivity index (χ0v) is 15.2. The molecule has 0 aliphatic carbocycles. The average Bonchev–Trinajstić information content (AvgIpc) is 2.91. The molecular weight excluding hydrogens is 334 g/mol. The third-order valence-electron chi connectivity index (χ3n) is 4.29. The van der Waals surface area contributed by atoms with Gasteiger partial charge in [0.2, 0.25) is 0 Å². The number of para-hydroxylation sites is 1. The zero-order chi connectivity index (χ0) is 18.0. The highest BCUT2D eigenvalue weighted by Gasteiger charge is 2.21. The molecule has 3 rings (SSSR count). The van der Waals surface area contributed by atoms with Gasteiger partial charge in [0.15, 0.2) is 6.04 Å².